The van der Waals surface area contributed by atoms with Crippen LogP contribution in [0.3, 0.4) is 0 Å². The number of fused-ring (bicyclic) bond motifs is 3. The lowest BCUT2D eigenvalue weighted by atomic mass is 10.0. The van der Waals surface area contributed by atoms with Crippen LogP contribution in [-0.2, 0) is 0 Å². The van der Waals surface area contributed by atoms with Crippen LogP contribution in [0, 0.1) is 0 Å². The van der Waals surface area contributed by atoms with Crippen molar-refractivity contribution < 1.29 is 9.28 Å². The summed E-state index contributed by atoms with van der Waals surface area (Å²) in [5, 5.41) is 0. The maximum atomic E-state index is 12.7. The number of benzene rings is 2. The van der Waals surface area contributed by atoms with Crippen LogP contribution in [0.4, 0.5) is 0 Å². The number of Topliss-reactive ketones (excluding diaryl/α,β-unsaturated/α-hetero) is 1. The third kappa shape index (κ3) is 2.94. The Morgan fingerprint density at radius 1 is 0.826 bits per heavy atom. The van der Waals surface area contributed by atoms with Crippen molar-refractivity contribution in [1.82, 2.24) is 4.90 Å². The quantitative estimate of drug-likeness (QED) is 0.639. The van der Waals surface area contributed by atoms with Crippen molar-refractivity contribution in [2.45, 2.75) is 0 Å². The summed E-state index contributed by atoms with van der Waals surface area (Å²) in [7, 11) is 0. The zero-order valence-electron chi connectivity index (χ0n) is 13.4. The molecule has 5 rings (SSSR count). The third-order valence-corrected chi connectivity index (χ3v) is 5.46. The fourth-order valence-corrected chi connectivity index (χ4v) is 3.84. The highest BCUT2D eigenvalue weighted by atomic mass is 16.1. The average molecular weight is 307 g/mol. The second-order valence-corrected chi connectivity index (χ2v) is 6.88. The topological polar surface area (TPSA) is 20.3 Å². The van der Waals surface area contributed by atoms with Crippen molar-refractivity contribution >= 4 is 5.78 Å². The van der Waals surface area contributed by atoms with Crippen molar-refractivity contribution in [3.05, 3.63) is 60.2 Å². The molecular formula is C20H23N2O+. The van der Waals surface area contributed by atoms with E-state index < -0.39 is 0 Å². The highest BCUT2D eigenvalue weighted by Gasteiger charge is 2.39. The highest BCUT2D eigenvalue weighted by Crippen LogP contribution is 2.22. The summed E-state index contributed by atoms with van der Waals surface area (Å²) in [5.41, 5.74) is 3.21. The van der Waals surface area contributed by atoms with Gasteiger partial charge in [-0.3, -0.25) is 9.69 Å². The lowest BCUT2D eigenvalue weighted by Crippen LogP contribution is -2.68. The summed E-state index contributed by atoms with van der Waals surface area (Å²) in [6.07, 6.45) is 0. The molecule has 23 heavy (non-hydrogen) atoms. The normalized spacial score (nSPS) is 26.2. The van der Waals surface area contributed by atoms with Crippen molar-refractivity contribution in [2.75, 3.05) is 45.8 Å². The van der Waals surface area contributed by atoms with Gasteiger partial charge in [0.05, 0.1) is 19.6 Å². The van der Waals surface area contributed by atoms with Gasteiger partial charge in [-0.25, -0.2) is 0 Å². The fourth-order valence-electron chi connectivity index (χ4n) is 3.84. The zero-order chi connectivity index (χ0) is 15.7. The number of hydrogen-bond donors (Lipinski definition) is 0. The molecule has 0 aromatic heterocycles. The lowest BCUT2D eigenvalue weighted by molar-refractivity contribution is -0.933. The highest BCUT2D eigenvalue weighted by molar-refractivity contribution is 5.97. The molecule has 0 saturated carbocycles. The molecule has 0 atom stereocenters. The van der Waals surface area contributed by atoms with Gasteiger partial charge in [-0.05, 0) is 11.1 Å². The van der Waals surface area contributed by atoms with Crippen molar-refractivity contribution in [3.8, 4) is 11.1 Å². The number of piperazine rings is 3. The first kappa shape index (κ1) is 14.6. The van der Waals surface area contributed by atoms with Crippen molar-refractivity contribution in [2.24, 2.45) is 0 Å². The molecule has 0 aliphatic carbocycles. The molecule has 3 aliphatic rings. The van der Waals surface area contributed by atoms with Crippen LogP contribution in [0.5, 0.6) is 0 Å². The molecular weight excluding hydrogens is 284 g/mol. The van der Waals surface area contributed by atoms with Crippen LogP contribution in [0.1, 0.15) is 10.4 Å². The van der Waals surface area contributed by atoms with E-state index >= 15 is 0 Å². The Kier molecular flexibility index (Phi) is 3.76. The third-order valence-electron chi connectivity index (χ3n) is 5.46. The Balaban J connectivity index is 1.48. The first-order valence-electron chi connectivity index (χ1n) is 8.50. The second kappa shape index (κ2) is 5.91. The predicted molar refractivity (Wildman–Crippen MR) is 92.4 cm³/mol. The molecule has 2 bridgehead atoms. The minimum absolute atomic E-state index is 0.292. The number of nitrogens with zero attached hydrogens (tertiary/aromatic N) is 2. The first-order valence-corrected chi connectivity index (χ1v) is 8.50. The van der Waals surface area contributed by atoms with E-state index in [1.54, 1.807) is 0 Å². The molecule has 0 spiro atoms. The monoisotopic (exact) mass is 307 g/mol. The van der Waals surface area contributed by atoms with E-state index in [1.807, 2.05) is 30.3 Å². The molecule has 0 amide bonds. The smallest absolute Gasteiger partial charge is 0.216 e. The van der Waals surface area contributed by atoms with Crippen LogP contribution in [0.15, 0.2) is 54.6 Å². The van der Waals surface area contributed by atoms with Gasteiger partial charge in [-0.1, -0.05) is 54.6 Å². The number of carbonyl (C=O) groups is 1. The maximum Gasteiger partial charge on any atom is 0.216 e. The zero-order valence-corrected chi connectivity index (χ0v) is 13.4. The molecule has 0 radical (unpaired) electrons. The summed E-state index contributed by atoms with van der Waals surface area (Å²) in [5.74, 6) is 0.292. The van der Waals surface area contributed by atoms with Crippen molar-refractivity contribution in [3.63, 3.8) is 0 Å². The number of hydrogen-bond acceptors (Lipinski definition) is 2. The standard InChI is InChI=1S/C20H23N2O/c23-20(16-22-13-10-21(11-14-22)12-15-22)19-8-6-18(7-9-19)17-4-2-1-3-5-17/h1-9H,10-16H2/q+1. The minimum atomic E-state index is 0.292. The van der Waals surface area contributed by atoms with Crippen LogP contribution in [0.2, 0.25) is 0 Å². The molecule has 3 fully saturated rings. The molecule has 2 aromatic carbocycles. The largest absolute Gasteiger partial charge is 0.314 e. The van der Waals surface area contributed by atoms with Gasteiger partial charge in [-0.15, -0.1) is 0 Å². The van der Waals surface area contributed by atoms with Gasteiger partial charge in [-0.2, -0.15) is 0 Å². The molecule has 0 N–H and O–H groups in total. The number of quaternary nitrogens is 1. The van der Waals surface area contributed by atoms with Gasteiger partial charge in [0.15, 0.2) is 0 Å². The first-order chi connectivity index (χ1) is 11.2. The Hall–Kier alpha value is -1.97. The fraction of sp³-hybridized carbons (Fsp3) is 0.350. The Morgan fingerprint density at radius 2 is 1.39 bits per heavy atom. The van der Waals surface area contributed by atoms with Crippen LogP contribution < -0.4 is 0 Å². The van der Waals surface area contributed by atoms with E-state index in [1.165, 1.54) is 11.1 Å². The molecule has 3 saturated heterocycles. The van der Waals surface area contributed by atoms with Crippen LogP contribution >= 0.6 is 0 Å². The maximum absolute atomic E-state index is 12.7. The molecule has 3 nitrogen and oxygen atoms in total. The molecule has 2 aromatic rings. The van der Waals surface area contributed by atoms with Gasteiger partial charge in [0.1, 0.15) is 6.54 Å². The van der Waals surface area contributed by atoms with E-state index in [2.05, 4.69) is 29.2 Å². The summed E-state index contributed by atoms with van der Waals surface area (Å²) >= 11 is 0. The number of carbonyl (C=O) groups excluding carboxylic acids is 1. The van der Waals surface area contributed by atoms with E-state index in [4.69, 9.17) is 0 Å². The molecule has 0 unspecified atom stereocenters. The summed E-state index contributed by atoms with van der Waals surface area (Å²) in [6.45, 7) is 7.52. The minimum Gasteiger partial charge on any atom is -0.314 e. The number of ketones is 1. The van der Waals surface area contributed by atoms with Gasteiger partial charge in [0.25, 0.3) is 0 Å². The molecule has 3 heterocycles. The van der Waals surface area contributed by atoms with Gasteiger partial charge < -0.3 is 4.48 Å². The van der Waals surface area contributed by atoms with Gasteiger partial charge >= 0.3 is 0 Å². The average Bonchev–Trinajstić information content (AvgIpc) is 2.64. The van der Waals surface area contributed by atoms with Crippen LogP contribution in [0.25, 0.3) is 11.1 Å². The van der Waals surface area contributed by atoms with E-state index in [0.29, 0.717) is 12.3 Å². The molecule has 3 heteroatoms. The molecule has 118 valence electrons. The van der Waals surface area contributed by atoms with Crippen LogP contribution in [-0.4, -0.2) is 61.0 Å². The van der Waals surface area contributed by atoms with Gasteiger partial charge in [0, 0.05) is 25.2 Å². The summed E-state index contributed by atoms with van der Waals surface area (Å²) in [4.78, 5) is 15.2. The number of rotatable bonds is 4. The Morgan fingerprint density at radius 3 is 2.00 bits per heavy atom. The predicted octanol–water partition coefficient (Wildman–Crippen LogP) is 2.68. The lowest BCUT2D eigenvalue weighted by Gasteiger charge is -2.50. The van der Waals surface area contributed by atoms with E-state index in [-0.39, 0.29) is 0 Å². The molecule has 3 aliphatic heterocycles. The SMILES string of the molecule is O=C(C[N+]12CCN(CC1)CC2)c1ccc(-c2ccccc2)cc1. The summed E-state index contributed by atoms with van der Waals surface area (Å²) < 4.78 is 0.996. The van der Waals surface area contributed by atoms with E-state index in [9.17, 15) is 4.79 Å². The van der Waals surface area contributed by atoms with Gasteiger partial charge in [0.2, 0.25) is 5.78 Å². The second-order valence-electron chi connectivity index (χ2n) is 6.88. The Labute approximate surface area is 137 Å². The summed E-state index contributed by atoms with van der Waals surface area (Å²) in [6, 6.07) is 18.4. The Bertz CT molecular complexity index is 672. The van der Waals surface area contributed by atoms with E-state index in [0.717, 1.165) is 49.3 Å². The van der Waals surface area contributed by atoms with Crippen molar-refractivity contribution in [1.29, 1.82) is 0 Å².